The van der Waals surface area contributed by atoms with E-state index < -0.39 is 6.04 Å². The van der Waals surface area contributed by atoms with Crippen molar-refractivity contribution in [1.82, 2.24) is 14.9 Å². The molecule has 5 nitrogen and oxygen atoms in total. The summed E-state index contributed by atoms with van der Waals surface area (Å²) in [6, 6.07) is 9.69. The fraction of sp³-hybridized carbons (Fsp3) is 0.524. The molecule has 1 fully saturated rings. The van der Waals surface area contributed by atoms with Gasteiger partial charge in [-0.15, -0.1) is 24.8 Å². The maximum absolute atomic E-state index is 12.4. The Balaban J connectivity index is 0.00000196. The molecule has 156 valence electrons. The molecule has 1 aromatic heterocycles. The molecule has 0 aliphatic heterocycles. The molecule has 3 rings (SSSR count). The summed E-state index contributed by atoms with van der Waals surface area (Å²) in [4.78, 5) is 16.8. The number of hydrogen-bond acceptors (Lipinski definition) is 3. The van der Waals surface area contributed by atoms with Crippen LogP contribution in [0.3, 0.4) is 0 Å². The highest BCUT2D eigenvalue weighted by Gasteiger charge is 2.32. The predicted octanol–water partition coefficient (Wildman–Crippen LogP) is 3.73. The maximum atomic E-state index is 12.4. The molecule has 1 heterocycles. The minimum absolute atomic E-state index is 0. The first kappa shape index (κ1) is 24.5. The zero-order valence-corrected chi connectivity index (χ0v) is 18.1. The van der Waals surface area contributed by atoms with E-state index in [1.807, 2.05) is 29.0 Å². The van der Waals surface area contributed by atoms with Gasteiger partial charge >= 0.3 is 0 Å². The second kappa shape index (κ2) is 11.4. The summed E-state index contributed by atoms with van der Waals surface area (Å²) in [5.74, 6) is -0.0673. The molecule has 0 radical (unpaired) electrons. The van der Waals surface area contributed by atoms with Gasteiger partial charge in [0.25, 0.3) is 0 Å². The van der Waals surface area contributed by atoms with Gasteiger partial charge in [-0.1, -0.05) is 50.1 Å². The lowest BCUT2D eigenvalue weighted by molar-refractivity contribution is -0.122. The van der Waals surface area contributed by atoms with Gasteiger partial charge in [0.2, 0.25) is 5.91 Å². The van der Waals surface area contributed by atoms with Gasteiger partial charge in [0, 0.05) is 25.7 Å². The zero-order valence-electron chi connectivity index (χ0n) is 16.5. The molecular weight excluding hydrogens is 395 g/mol. The Bertz CT molecular complexity index is 714. The number of hydrogen-bond donors (Lipinski definition) is 2. The van der Waals surface area contributed by atoms with Crippen LogP contribution in [0.2, 0.25) is 0 Å². The van der Waals surface area contributed by atoms with Crippen LogP contribution < -0.4 is 11.1 Å². The number of rotatable bonds is 8. The van der Waals surface area contributed by atoms with Crippen LogP contribution in [0.15, 0.2) is 42.9 Å². The molecule has 0 unspecified atom stereocenters. The average Bonchev–Trinajstić information content (AvgIpc) is 3.30. The van der Waals surface area contributed by atoms with Crippen LogP contribution in [0.1, 0.15) is 50.3 Å². The lowest BCUT2D eigenvalue weighted by atomic mass is 9.83. The molecule has 7 heteroatoms. The van der Waals surface area contributed by atoms with Crippen molar-refractivity contribution in [2.75, 3.05) is 6.54 Å². The number of benzene rings is 1. The highest BCUT2D eigenvalue weighted by molar-refractivity contribution is 5.85. The van der Waals surface area contributed by atoms with Crippen LogP contribution in [-0.2, 0) is 17.8 Å². The Kier molecular flexibility index (Phi) is 10.0. The number of carbonyl (C=O) groups is 1. The second-order valence-corrected chi connectivity index (χ2v) is 7.61. The molecule has 1 amide bonds. The molecule has 0 spiro atoms. The van der Waals surface area contributed by atoms with Crippen LogP contribution in [0, 0.1) is 5.41 Å². The third-order valence-electron chi connectivity index (χ3n) is 5.71. The number of carbonyl (C=O) groups excluding carboxylic acids is 1. The van der Waals surface area contributed by atoms with Crippen LogP contribution >= 0.6 is 24.8 Å². The van der Waals surface area contributed by atoms with Gasteiger partial charge in [-0.2, -0.15) is 0 Å². The molecule has 1 aliphatic carbocycles. The van der Waals surface area contributed by atoms with Gasteiger partial charge in [-0.3, -0.25) is 4.79 Å². The topological polar surface area (TPSA) is 72.9 Å². The molecule has 3 N–H and O–H groups in total. The first-order chi connectivity index (χ1) is 12.6. The number of nitrogens with zero attached hydrogens (tertiary/aromatic N) is 2. The van der Waals surface area contributed by atoms with Crippen LogP contribution in [-0.4, -0.2) is 28.0 Å². The van der Waals surface area contributed by atoms with Crippen LogP contribution in [0.25, 0.3) is 0 Å². The highest BCUT2D eigenvalue weighted by Crippen LogP contribution is 2.40. The van der Waals surface area contributed by atoms with E-state index in [0.29, 0.717) is 6.42 Å². The summed E-state index contributed by atoms with van der Waals surface area (Å²) >= 11 is 0. The smallest absolute Gasteiger partial charge is 0.237 e. The van der Waals surface area contributed by atoms with Crippen molar-refractivity contribution in [3.05, 3.63) is 54.1 Å². The molecule has 28 heavy (non-hydrogen) atoms. The van der Waals surface area contributed by atoms with Crippen LogP contribution in [0.5, 0.6) is 0 Å². The number of aromatic nitrogens is 2. The summed E-state index contributed by atoms with van der Waals surface area (Å²) in [5.41, 5.74) is 8.48. The lowest BCUT2D eigenvalue weighted by Crippen LogP contribution is -2.45. The molecule has 1 aliphatic rings. The van der Waals surface area contributed by atoms with E-state index in [4.69, 9.17) is 5.73 Å². The van der Waals surface area contributed by atoms with E-state index in [1.54, 1.807) is 6.33 Å². The van der Waals surface area contributed by atoms with Gasteiger partial charge in [0.05, 0.1) is 18.1 Å². The Morgan fingerprint density at radius 2 is 1.93 bits per heavy atom. The van der Waals surface area contributed by atoms with Crippen molar-refractivity contribution in [1.29, 1.82) is 0 Å². The summed E-state index contributed by atoms with van der Waals surface area (Å²) in [6.45, 7) is 3.74. The van der Waals surface area contributed by atoms with E-state index in [-0.39, 0.29) is 36.1 Å². The molecule has 1 aromatic carbocycles. The average molecular weight is 427 g/mol. The Labute approximate surface area is 180 Å². The van der Waals surface area contributed by atoms with Crippen molar-refractivity contribution in [2.45, 2.75) is 58.0 Å². The molecular formula is C21H32Cl2N4O. The highest BCUT2D eigenvalue weighted by atomic mass is 35.5. The monoisotopic (exact) mass is 426 g/mol. The minimum Gasteiger partial charge on any atom is -0.354 e. The second-order valence-electron chi connectivity index (χ2n) is 7.61. The molecule has 0 bridgehead atoms. The Hall–Kier alpha value is -1.56. The first-order valence-electron chi connectivity index (χ1n) is 9.68. The first-order valence-corrected chi connectivity index (χ1v) is 9.68. The van der Waals surface area contributed by atoms with Crippen molar-refractivity contribution in [2.24, 2.45) is 11.1 Å². The maximum Gasteiger partial charge on any atom is 0.237 e. The summed E-state index contributed by atoms with van der Waals surface area (Å²) < 4.78 is 2.03. The zero-order chi connectivity index (χ0) is 18.4. The predicted molar refractivity (Wildman–Crippen MR) is 118 cm³/mol. The van der Waals surface area contributed by atoms with Gasteiger partial charge in [0.15, 0.2) is 0 Å². The minimum atomic E-state index is -0.551. The third-order valence-corrected chi connectivity index (χ3v) is 5.71. The Morgan fingerprint density at radius 1 is 1.25 bits per heavy atom. The van der Waals surface area contributed by atoms with Gasteiger partial charge in [-0.25, -0.2) is 4.98 Å². The number of halogens is 2. The van der Waals surface area contributed by atoms with Crippen molar-refractivity contribution in [3.63, 3.8) is 0 Å². The third kappa shape index (κ3) is 6.50. The quantitative estimate of drug-likeness (QED) is 0.674. The molecule has 1 atom stereocenters. The number of nitrogens with two attached hydrogens (primary N) is 1. The molecule has 2 aromatic rings. The van der Waals surface area contributed by atoms with E-state index in [9.17, 15) is 4.79 Å². The van der Waals surface area contributed by atoms with Crippen molar-refractivity contribution in [3.8, 4) is 0 Å². The van der Waals surface area contributed by atoms with E-state index in [0.717, 1.165) is 25.2 Å². The Morgan fingerprint density at radius 3 is 2.57 bits per heavy atom. The van der Waals surface area contributed by atoms with Crippen molar-refractivity contribution >= 4 is 30.7 Å². The van der Waals surface area contributed by atoms with Gasteiger partial charge in [-0.05, 0) is 30.2 Å². The fourth-order valence-corrected chi connectivity index (χ4v) is 3.90. The van der Waals surface area contributed by atoms with E-state index in [2.05, 4.69) is 29.4 Å². The summed E-state index contributed by atoms with van der Waals surface area (Å²) in [6.07, 6.45) is 10.3. The fourth-order valence-electron chi connectivity index (χ4n) is 3.90. The largest absolute Gasteiger partial charge is 0.354 e. The summed E-state index contributed by atoms with van der Waals surface area (Å²) in [5, 5.41) is 3.08. The SMILES string of the molecule is CCC1(CNC(=O)[C@@H](N)Cc2cn(Cc3ccccc3)cn2)CCCC1.Cl.Cl. The lowest BCUT2D eigenvalue weighted by Gasteiger charge is -2.28. The molecule has 1 saturated carbocycles. The van der Waals surface area contributed by atoms with E-state index >= 15 is 0 Å². The number of nitrogens with one attached hydrogen (secondary N) is 1. The standard InChI is InChI=1S/C21H30N4O.2ClH/c1-2-21(10-6-7-11-21)15-23-20(26)19(22)12-18-14-25(16-24-18)13-17-8-4-3-5-9-17;;/h3-5,8-9,14,16,19H,2,6-7,10-13,15,22H2,1H3,(H,23,26);2*1H/t19-;;/m0../s1. The summed E-state index contributed by atoms with van der Waals surface area (Å²) in [7, 11) is 0. The normalized spacial score (nSPS) is 15.9. The van der Waals surface area contributed by atoms with Crippen molar-refractivity contribution < 1.29 is 4.79 Å². The van der Waals surface area contributed by atoms with Gasteiger partial charge < -0.3 is 15.6 Å². The van der Waals surface area contributed by atoms with E-state index in [1.165, 1.54) is 31.2 Å². The van der Waals surface area contributed by atoms with Crippen LogP contribution in [0.4, 0.5) is 0 Å². The number of amides is 1. The molecule has 0 saturated heterocycles. The van der Waals surface area contributed by atoms with Gasteiger partial charge in [0.1, 0.15) is 0 Å². The number of imidazole rings is 1.